The molecule has 0 aliphatic heterocycles. The van der Waals surface area contributed by atoms with Crippen molar-refractivity contribution in [3.05, 3.63) is 100 Å². The molecule has 39 heavy (non-hydrogen) atoms. The van der Waals surface area contributed by atoms with Crippen molar-refractivity contribution in [3.63, 3.8) is 0 Å². The zero-order chi connectivity index (χ0) is 26.9. The number of H-pyrrole nitrogens is 2. The van der Waals surface area contributed by atoms with Crippen LogP contribution in [0.2, 0.25) is 0 Å². The second-order valence-corrected chi connectivity index (χ2v) is 9.25. The van der Waals surface area contributed by atoms with Gasteiger partial charge in [-0.05, 0) is 49.6 Å². The zero-order valence-electron chi connectivity index (χ0n) is 21.3. The van der Waals surface area contributed by atoms with Gasteiger partial charge < -0.3 is 15.6 Å². The van der Waals surface area contributed by atoms with Gasteiger partial charge in [-0.3, -0.25) is 19.3 Å². The highest BCUT2D eigenvalue weighted by atomic mass is 16.1. The molecule has 0 radical (unpaired) electrons. The number of anilines is 1. The Bertz CT molecular complexity index is 1830. The van der Waals surface area contributed by atoms with Crippen molar-refractivity contribution in [3.8, 4) is 5.69 Å². The molecule has 1 aromatic carbocycles. The number of para-hydroxylation sites is 1. The molecule has 6 aromatic rings. The van der Waals surface area contributed by atoms with E-state index in [0.717, 1.165) is 11.1 Å². The second-order valence-electron chi connectivity index (χ2n) is 9.25. The van der Waals surface area contributed by atoms with E-state index in [4.69, 9.17) is 5.10 Å². The first-order chi connectivity index (χ1) is 19.0. The summed E-state index contributed by atoms with van der Waals surface area (Å²) in [5, 5.41) is 18.4. The molecule has 12 heteroatoms. The largest absolute Gasteiger partial charge is 0.360 e. The monoisotopic (exact) mass is 522 g/mol. The molecule has 0 bridgehead atoms. The number of aryl methyl sites for hydroxylation is 1. The van der Waals surface area contributed by atoms with Crippen LogP contribution in [0.1, 0.15) is 40.3 Å². The highest BCUT2D eigenvalue weighted by molar-refractivity contribution is 6.09. The fourth-order valence-electron chi connectivity index (χ4n) is 4.69. The Labute approximate surface area is 222 Å². The second kappa shape index (κ2) is 9.89. The number of carbonyl (C=O) groups is 1. The summed E-state index contributed by atoms with van der Waals surface area (Å²) in [6, 6.07) is 10.8. The number of hydrogen-bond donors (Lipinski definition) is 4. The maximum absolute atomic E-state index is 13.7. The van der Waals surface area contributed by atoms with Crippen molar-refractivity contribution < 1.29 is 4.79 Å². The van der Waals surface area contributed by atoms with Gasteiger partial charge in [0, 0.05) is 25.1 Å². The van der Waals surface area contributed by atoms with Crippen molar-refractivity contribution in [2.45, 2.75) is 26.3 Å². The highest BCUT2D eigenvalue weighted by Crippen LogP contribution is 2.27. The predicted octanol–water partition coefficient (Wildman–Crippen LogP) is 2.93. The fourth-order valence-corrected chi connectivity index (χ4v) is 4.69. The van der Waals surface area contributed by atoms with Crippen molar-refractivity contribution in [2.24, 2.45) is 0 Å². The molecule has 0 aliphatic carbocycles. The van der Waals surface area contributed by atoms with E-state index in [2.05, 4.69) is 35.8 Å². The van der Waals surface area contributed by atoms with Gasteiger partial charge in [-0.2, -0.15) is 10.2 Å². The van der Waals surface area contributed by atoms with Crippen LogP contribution in [0.15, 0.2) is 72.3 Å². The third-order valence-corrected chi connectivity index (χ3v) is 6.64. The number of rotatable bonds is 8. The van der Waals surface area contributed by atoms with Gasteiger partial charge in [-0.1, -0.05) is 18.2 Å². The lowest BCUT2D eigenvalue weighted by atomic mass is 10.2. The van der Waals surface area contributed by atoms with Crippen molar-refractivity contribution in [2.75, 3.05) is 11.9 Å². The molecule has 1 atom stereocenters. The summed E-state index contributed by atoms with van der Waals surface area (Å²) in [4.78, 5) is 38.6. The summed E-state index contributed by atoms with van der Waals surface area (Å²) in [6.07, 6.45) is 8.99. The lowest BCUT2D eigenvalue weighted by Crippen LogP contribution is -2.29. The van der Waals surface area contributed by atoms with Crippen LogP contribution in [0, 0.1) is 6.92 Å². The first-order valence-corrected chi connectivity index (χ1v) is 12.5. The van der Waals surface area contributed by atoms with Gasteiger partial charge in [-0.25, -0.2) is 14.5 Å². The van der Waals surface area contributed by atoms with Crippen molar-refractivity contribution >= 4 is 28.3 Å². The molecule has 0 aliphatic rings. The molecule has 196 valence electrons. The van der Waals surface area contributed by atoms with E-state index in [-0.39, 0.29) is 11.5 Å². The topological polar surface area (TPSA) is 151 Å². The molecule has 4 N–H and O–H groups in total. The molecule has 1 amide bonds. The summed E-state index contributed by atoms with van der Waals surface area (Å²) >= 11 is 0. The van der Waals surface area contributed by atoms with E-state index in [9.17, 15) is 9.59 Å². The molecule has 5 aromatic heterocycles. The average molecular weight is 523 g/mol. The summed E-state index contributed by atoms with van der Waals surface area (Å²) in [5.74, 6) is 0.688. The molecule has 0 saturated heterocycles. The Morgan fingerprint density at radius 3 is 2.77 bits per heavy atom. The van der Waals surface area contributed by atoms with Gasteiger partial charge >= 0.3 is 0 Å². The number of fused-ring (bicyclic) bond motifs is 2. The fraction of sp³-hybridized carbons (Fsp3) is 0.185. The maximum atomic E-state index is 13.7. The normalized spacial score (nSPS) is 12.2. The van der Waals surface area contributed by atoms with Crippen LogP contribution in [0.4, 0.5) is 5.82 Å². The number of amides is 1. The molecule has 12 nitrogen and oxygen atoms in total. The van der Waals surface area contributed by atoms with Gasteiger partial charge in [0.15, 0.2) is 5.82 Å². The molecule has 0 fully saturated rings. The molecule has 5 heterocycles. The highest BCUT2D eigenvalue weighted by Gasteiger charge is 2.23. The Morgan fingerprint density at radius 2 is 1.97 bits per heavy atom. The number of aromatic amines is 2. The quantitative estimate of drug-likeness (QED) is 0.240. The maximum Gasteiger partial charge on any atom is 0.282 e. The SMILES string of the molecule is Cc1ccn2nc(C(C)Nc3ncnc4[nH]cc(C(=O)NCCc5cn[nH]c5)c34)n(-c3ccccc3)c(=O)c12. The van der Waals surface area contributed by atoms with E-state index in [0.29, 0.717) is 52.4 Å². The standard InChI is InChI=1S/C27H26N10O2/c1-16-9-11-36-22(16)27(39)37(19-6-4-3-5-7-19)25(35-36)17(2)34-24-21-20(14-29-23(21)30-15-31-24)26(38)28-10-8-18-12-32-33-13-18/h3-7,9,11-15,17H,8,10H2,1-2H3,(H,28,38)(H,32,33)(H2,29,30,31,34). The van der Waals surface area contributed by atoms with Crippen LogP contribution in [0.25, 0.3) is 22.2 Å². The minimum atomic E-state index is -0.463. The molecule has 6 rings (SSSR count). The minimum absolute atomic E-state index is 0.172. The summed E-state index contributed by atoms with van der Waals surface area (Å²) in [5.41, 5.74) is 3.82. The Balaban J connectivity index is 1.36. The zero-order valence-corrected chi connectivity index (χ0v) is 21.3. The third-order valence-electron chi connectivity index (χ3n) is 6.64. The number of nitrogens with one attached hydrogen (secondary N) is 4. The Kier molecular flexibility index (Phi) is 6.11. The van der Waals surface area contributed by atoms with Gasteiger partial charge in [0.1, 0.15) is 23.3 Å². The van der Waals surface area contributed by atoms with E-state index < -0.39 is 6.04 Å². The number of benzene rings is 1. The third kappa shape index (κ3) is 4.41. The average Bonchev–Trinajstić information content (AvgIpc) is 3.70. The van der Waals surface area contributed by atoms with Crippen LogP contribution < -0.4 is 16.2 Å². The Morgan fingerprint density at radius 1 is 1.13 bits per heavy atom. The van der Waals surface area contributed by atoms with Gasteiger partial charge in [0.2, 0.25) is 0 Å². The molecular weight excluding hydrogens is 496 g/mol. The summed E-state index contributed by atoms with van der Waals surface area (Å²) in [7, 11) is 0. The number of aromatic nitrogens is 8. The molecule has 1 unspecified atom stereocenters. The number of hydrogen-bond acceptors (Lipinski definition) is 7. The smallest absolute Gasteiger partial charge is 0.282 e. The number of nitrogens with zero attached hydrogens (tertiary/aromatic N) is 6. The predicted molar refractivity (Wildman–Crippen MR) is 146 cm³/mol. The van der Waals surface area contributed by atoms with E-state index >= 15 is 0 Å². The van der Waals surface area contributed by atoms with Crippen LogP contribution in [0.3, 0.4) is 0 Å². The first kappa shape index (κ1) is 24.1. The van der Waals surface area contributed by atoms with Crippen LogP contribution in [-0.4, -0.2) is 51.8 Å². The molecule has 0 saturated carbocycles. The Hall–Kier alpha value is -5.26. The minimum Gasteiger partial charge on any atom is -0.360 e. The van der Waals surface area contributed by atoms with Gasteiger partial charge in [0.25, 0.3) is 11.5 Å². The van der Waals surface area contributed by atoms with E-state index in [1.807, 2.05) is 50.2 Å². The van der Waals surface area contributed by atoms with Crippen LogP contribution in [0.5, 0.6) is 0 Å². The van der Waals surface area contributed by atoms with Gasteiger partial charge in [0.05, 0.1) is 28.9 Å². The summed E-state index contributed by atoms with van der Waals surface area (Å²) < 4.78 is 3.22. The van der Waals surface area contributed by atoms with E-state index in [1.165, 1.54) is 6.33 Å². The van der Waals surface area contributed by atoms with Crippen molar-refractivity contribution in [1.29, 1.82) is 0 Å². The first-order valence-electron chi connectivity index (χ1n) is 12.5. The van der Waals surface area contributed by atoms with Crippen molar-refractivity contribution in [1.82, 2.24) is 44.6 Å². The van der Waals surface area contributed by atoms with Crippen LogP contribution in [-0.2, 0) is 6.42 Å². The van der Waals surface area contributed by atoms with E-state index in [1.54, 1.807) is 33.9 Å². The number of carbonyl (C=O) groups excluding carboxylic acids is 1. The summed E-state index contributed by atoms with van der Waals surface area (Å²) in [6.45, 7) is 4.23. The lowest BCUT2D eigenvalue weighted by molar-refractivity contribution is 0.0956. The molecular formula is C27H26N10O2. The van der Waals surface area contributed by atoms with Crippen LogP contribution >= 0.6 is 0 Å². The lowest BCUT2D eigenvalue weighted by Gasteiger charge is -2.20. The molecule has 0 spiro atoms. The van der Waals surface area contributed by atoms with Gasteiger partial charge in [-0.15, -0.1) is 0 Å².